The van der Waals surface area contributed by atoms with Crippen molar-refractivity contribution in [1.29, 1.82) is 0 Å². The van der Waals surface area contributed by atoms with E-state index in [1.165, 1.54) is 6.07 Å². The molecule has 0 fully saturated rings. The standard InChI is InChI=1S/C9H8ClFN2O3/c10-6(9(12)14)4-5-7(11)2-1-3-8(5)13(15)16/h1-3,6H,4H2,(H2,12,14). The molecule has 1 amide bonds. The molecule has 1 unspecified atom stereocenters. The smallest absolute Gasteiger partial charge is 0.275 e. The molecule has 0 aliphatic rings. The van der Waals surface area contributed by atoms with Crippen LogP contribution in [0, 0.1) is 15.9 Å². The predicted octanol–water partition coefficient (Wildman–Crippen LogP) is 1.37. The lowest BCUT2D eigenvalue weighted by molar-refractivity contribution is -0.385. The van der Waals surface area contributed by atoms with Gasteiger partial charge in [-0.1, -0.05) is 6.07 Å². The number of carbonyl (C=O) groups excluding carboxylic acids is 1. The van der Waals surface area contributed by atoms with Crippen molar-refractivity contribution in [2.45, 2.75) is 11.8 Å². The molecular formula is C9H8ClFN2O3. The van der Waals surface area contributed by atoms with E-state index in [0.29, 0.717) is 0 Å². The van der Waals surface area contributed by atoms with Crippen LogP contribution < -0.4 is 5.73 Å². The number of hydrogen-bond donors (Lipinski definition) is 1. The Balaban J connectivity index is 3.11. The van der Waals surface area contributed by atoms with E-state index < -0.39 is 27.7 Å². The quantitative estimate of drug-likeness (QED) is 0.494. The highest BCUT2D eigenvalue weighted by Crippen LogP contribution is 2.23. The maximum Gasteiger partial charge on any atom is 0.275 e. The van der Waals surface area contributed by atoms with E-state index in [1.54, 1.807) is 0 Å². The van der Waals surface area contributed by atoms with Crippen molar-refractivity contribution < 1.29 is 14.1 Å². The van der Waals surface area contributed by atoms with Gasteiger partial charge in [0.05, 0.1) is 10.5 Å². The Morgan fingerprint density at radius 1 is 1.62 bits per heavy atom. The maximum atomic E-state index is 13.3. The van der Waals surface area contributed by atoms with E-state index in [9.17, 15) is 19.3 Å². The van der Waals surface area contributed by atoms with Crippen LogP contribution in [-0.2, 0) is 11.2 Å². The summed E-state index contributed by atoms with van der Waals surface area (Å²) in [5, 5.41) is 9.43. The first-order chi connectivity index (χ1) is 7.43. The van der Waals surface area contributed by atoms with Gasteiger partial charge in [-0.2, -0.15) is 0 Å². The summed E-state index contributed by atoms with van der Waals surface area (Å²) in [7, 11) is 0. The van der Waals surface area contributed by atoms with Crippen LogP contribution in [0.25, 0.3) is 0 Å². The lowest BCUT2D eigenvalue weighted by atomic mass is 10.1. The highest BCUT2D eigenvalue weighted by molar-refractivity contribution is 6.30. The van der Waals surface area contributed by atoms with Crippen molar-refractivity contribution in [2.75, 3.05) is 0 Å². The normalized spacial score (nSPS) is 12.1. The Labute approximate surface area is 95.1 Å². The van der Waals surface area contributed by atoms with E-state index in [4.69, 9.17) is 17.3 Å². The summed E-state index contributed by atoms with van der Waals surface area (Å²) in [6, 6.07) is 3.42. The number of carbonyl (C=O) groups is 1. The first-order valence-electron chi connectivity index (χ1n) is 4.28. The molecule has 16 heavy (non-hydrogen) atoms. The minimum absolute atomic E-state index is 0.216. The van der Waals surface area contributed by atoms with Crippen molar-refractivity contribution in [3.63, 3.8) is 0 Å². The van der Waals surface area contributed by atoms with Gasteiger partial charge in [0.15, 0.2) is 0 Å². The molecule has 5 nitrogen and oxygen atoms in total. The van der Waals surface area contributed by atoms with Gasteiger partial charge in [0.1, 0.15) is 11.2 Å². The number of benzene rings is 1. The van der Waals surface area contributed by atoms with Gasteiger partial charge in [-0.05, 0) is 6.07 Å². The Morgan fingerprint density at radius 3 is 2.75 bits per heavy atom. The second-order valence-electron chi connectivity index (χ2n) is 3.07. The van der Waals surface area contributed by atoms with E-state index >= 15 is 0 Å². The third-order valence-corrected chi connectivity index (χ3v) is 2.35. The number of nitro benzene ring substituents is 1. The molecule has 0 bridgehead atoms. The van der Waals surface area contributed by atoms with E-state index in [-0.39, 0.29) is 12.0 Å². The zero-order valence-electron chi connectivity index (χ0n) is 8.02. The molecule has 86 valence electrons. The summed E-state index contributed by atoms with van der Waals surface area (Å²) in [4.78, 5) is 20.6. The Kier molecular flexibility index (Phi) is 3.78. The first kappa shape index (κ1) is 12.4. The molecule has 0 heterocycles. The Bertz CT molecular complexity index is 439. The zero-order chi connectivity index (χ0) is 12.3. The molecule has 1 rings (SSSR count). The number of nitrogens with zero attached hydrogens (tertiary/aromatic N) is 1. The largest absolute Gasteiger partial charge is 0.368 e. The first-order valence-corrected chi connectivity index (χ1v) is 4.72. The lowest BCUT2D eigenvalue weighted by Gasteiger charge is -2.06. The molecule has 7 heteroatoms. The van der Waals surface area contributed by atoms with Gasteiger partial charge in [-0.15, -0.1) is 11.6 Å². The minimum Gasteiger partial charge on any atom is -0.368 e. The number of nitrogens with two attached hydrogens (primary N) is 1. The number of halogens is 2. The van der Waals surface area contributed by atoms with Gasteiger partial charge in [0.25, 0.3) is 5.69 Å². The van der Waals surface area contributed by atoms with Crippen LogP contribution in [0.2, 0.25) is 0 Å². The van der Waals surface area contributed by atoms with Crippen LogP contribution in [0.1, 0.15) is 5.56 Å². The molecule has 0 saturated heterocycles. The van der Waals surface area contributed by atoms with Gasteiger partial charge in [-0.3, -0.25) is 14.9 Å². The van der Waals surface area contributed by atoms with Gasteiger partial charge in [-0.25, -0.2) is 4.39 Å². The van der Waals surface area contributed by atoms with Crippen molar-refractivity contribution in [3.05, 3.63) is 39.7 Å². The van der Waals surface area contributed by atoms with Crippen LogP contribution in [0.5, 0.6) is 0 Å². The van der Waals surface area contributed by atoms with Crippen LogP contribution in [-0.4, -0.2) is 16.2 Å². The molecular weight excluding hydrogens is 239 g/mol. The van der Waals surface area contributed by atoms with Crippen molar-refractivity contribution in [2.24, 2.45) is 5.73 Å². The molecule has 0 spiro atoms. The molecule has 1 aromatic rings. The maximum absolute atomic E-state index is 13.3. The molecule has 1 aromatic carbocycles. The van der Waals surface area contributed by atoms with Gasteiger partial charge in [0, 0.05) is 12.5 Å². The van der Waals surface area contributed by atoms with Crippen LogP contribution in [0.3, 0.4) is 0 Å². The Hall–Kier alpha value is -1.69. The summed E-state index contributed by atoms with van der Waals surface area (Å²) in [6.45, 7) is 0. The fourth-order valence-corrected chi connectivity index (χ4v) is 1.35. The highest BCUT2D eigenvalue weighted by atomic mass is 35.5. The number of rotatable bonds is 4. The minimum atomic E-state index is -1.17. The summed E-state index contributed by atoms with van der Waals surface area (Å²) in [5.41, 5.74) is 4.27. The lowest BCUT2D eigenvalue weighted by Crippen LogP contribution is -2.26. The summed E-state index contributed by atoms with van der Waals surface area (Å²) >= 11 is 5.54. The fraction of sp³-hybridized carbons (Fsp3) is 0.222. The van der Waals surface area contributed by atoms with Crippen molar-refractivity contribution >= 4 is 23.2 Å². The summed E-state index contributed by atoms with van der Waals surface area (Å²) in [5.74, 6) is -1.62. The highest BCUT2D eigenvalue weighted by Gasteiger charge is 2.22. The van der Waals surface area contributed by atoms with Crippen LogP contribution >= 0.6 is 11.6 Å². The third-order valence-electron chi connectivity index (χ3n) is 1.98. The number of amides is 1. The van der Waals surface area contributed by atoms with Crippen LogP contribution in [0.4, 0.5) is 10.1 Å². The van der Waals surface area contributed by atoms with E-state index in [0.717, 1.165) is 12.1 Å². The molecule has 0 radical (unpaired) electrons. The number of nitro groups is 1. The molecule has 1 atom stereocenters. The molecule has 0 aromatic heterocycles. The SMILES string of the molecule is NC(=O)C(Cl)Cc1c(F)cccc1[N+](=O)[O-]. The average Bonchev–Trinajstić information content (AvgIpc) is 2.20. The number of alkyl halides is 1. The summed E-state index contributed by atoms with van der Waals surface area (Å²) in [6.07, 6.45) is -0.306. The topological polar surface area (TPSA) is 86.2 Å². The number of hydrogen-bond acceptors (Lipinski definition) is 3. The second-order valence-corrected chi connectivity index (χ2v) is 3.60. The predicted molar refractivity (Wildman–Crippen MR) is 55.6 cm³/mol. The van der Waals surface area contributed by atoms with Gasteiger partial charge in [0.2, 0.25) is 5.91 Å². The van der Waals surface area contributed by atoms with Crippen LogP contribution in [0.15, 0.2) is 18.2 Å². The monoisotopic (exact) mass is 246 g/mol. The Morgan fingerprint density at radius 2 is 2.25 bits per heavy atom. The van der Waals surface area contributed by atoms with Gasteiger partial charge >= 0.3 is 0 Å². The van der Waals surface area contributed by atoms with Crippen molar-refractivity contribution in [3.8, 4) is 0 Å². The second kappa shape index (κ2) is 4.89. The third kappa shape index (κ3) is 2.66. The van der Waals surface area contributed by atoms with Crippen molar-refractivity contribution in [1.82, 2.24) is 0 Å². The van der Waals surface area contributed by atoms with E-state index in [2.05, 4.69) is 0 Å². The van der Waals surface area contributed by atoms with E-state index in [1.807, 2.05) is 0 Å². The molecule has 0 aliphatic heterocycles. The summed E-state index contributed by atoms with van der Waals surface area (Å²) < 4.78 is 13.3. The molecule has 2 N–H and O–H groups in total. The number of primary amides is 1. The zero-order valence-corrected chi connectivity index (χ0v) is 8.78. The molecule has 0 saturated carbocycles. The van der Waals surface area contributed by atoms with Gasteiger partial charge < -0.3 is 5.73 Å². The average molecular weight is 247 g/mol. The fourth-order valence-electron chi connectivity index (χ4n) is 1.20. The molecule has 0 aliphatic carbocycles.